The van der Waals surface area contributed by atoms with E-state index in [1.807, 2.05) is 29.2 Å². The van der Waals surface area contributed by atoms with Crippen molar-refractivity contribution in [1.29, 1.82) is 0 Å². The second-order valence-electron chi connectivity index (χ2n) is 14.0. The van der Waals surface area contributed by atoms with E-state index >= 15 is 0 Å². The maximum absolute atomic E-state index is 10.2. The van der Waals surface area contributed by atoms with Crippen LogP contribution in [-0.2, 0) is 14.2 Å². The van der Waals surface area contributed by atoms with Gasteiger partial charge in [0, 0.05) is 42.2 Å². The van der Waals surface area contributed by atoms with Crippen molar-refractivity contribution in [2.45, 2.75) is 37.9 Å². The number of aromatic amines is 1. The molecule has 0 amide bonds. The molecule has 288 valence electrons. The number of phenols is 1. The molecule has 0 spiro atoms. The Hall–Kier alpha value is -5.07. The molecule has 3 N–H and O–H groups in total. The van der Waals surface area contributed by atoms with E-state index in [-0.39, 0.29) is 18.1 Å². The van der Waals surface area contributed by atoms with E-state index in [2.05, 4.69) is 64.6 Å². The lowest BCUT2D eigenvalue weighted by atomic mass is 10.1. The van der Waals surface area contributed by atoms with Crippen LogP contribution >= 0.6 is 27.3 Å². The lowest BCUT2D eigenvalue weighted by molar-refractivity contribution is -0.0866. The van der Waals surface area contributed by atoms with E-state index in [0.29, 0.717) is 85.2 Å². The molecule has 56 heavy (non-hydrogen) atoms. The number of anilines is 4. The summed E-state index contributed by atoms with van der Waals surface area (Å²) < 4.78 is 25.4. The predicted octanol–water partition coefficient (Wildman–Crippen LogP) is 6.54. The summed E-state index contributed by atoms with van der Waals surface area (Å²) in [4.78, 5) is 35.7. The number of nitrogens with one attached hydrogen (secondary N) is 2. The molecule has 6 aromatic rings. The number of aromatic nitrogens is 6. The van der Waals surface area contributed by atoms with Gasteiger partial charge in [-0.15, -0.1) is 11.3 Å². The van der Waals surface area contributed by atoms with E-state index in [4.69, 9.17) is 38.9 Å². The third-order valence-electron chi connectivity index (χ3n) is 10.4. The highest BCUT2D eigenvalue weighted by Gasteiger charge is 2.41. The molecular formula is C39H39BrN10O5S. The van der Waals surface area contributed by atoms with Crippen molar-refractivity contribution in [3.63, 3.8) is 0 Å². The van der Waals surface area contributed by atoms with Crippen LogP contribution in [0.5, 0.6) is 11.5 Å². The second-order valence-corrected chi connectivity index (χ2v) is 15.7. The lowest BCUT2D eigenvalue weighted by Crippen LogP contribution is -2.45. The molecule has 0 bridgehead atoms. The zero-order chi connectivity index (χ0) is 37.6. The first kappa shape index (κ1) is 35.4. The summed E-state index contributed by atoms with van der Waals surface area (Å²) in [6.07, 6.45) is 2.23. The Kier molecular flexibility index (Phi) is 9.54. The summed E-state index contributed by atoms with van der Waals surface area (Å²) in [5, 5.41) is 16.2. The highest BCUT2D eigenvalue weighted by molar-refractivity contribution is 9.10. The smallest absolute Gasteiger partial charge is 0.228 e. The van der Waals surface area contributed by atoms with E-state index in [1.165, 1.54) is 4.88 Å². The number of hydrogen-bond donors (Lipinski definition) is 3. The number of thiophene rings is 1. The molecule has 17 heteroatoms. The summed E-state index contributed by atoms with van der Waals surface area (Å²) in [5.74, 6) is 2.79. The first-order valence-corrected chi connectivity index (χ1v) is 20.5. The number of hydrogen-bond acceptors (Lipinski definition) is 15. The average molecular weight is 840 g/mol. The zero-order valence-electron chi connectivity index (χ0n) is 30.3. The summed E-state index contributed by atoms with van der Waals surface area (Å²) in [6.45, 7) is 4.74. The van der Waals surface area contributed by atoms with Gasteiger partial charge in [-0.2, -0.15) is 9.97 Å². The van der Waals surface area contributed by atoms with Crippen molar-refractivity contribution >= 4 is 61.8 Å². The molecule has 3 fully saturated rings. The lowest BCUT2D eigenvalue weighted by Gasteiger charge is -2.36. The topological polar surface area (TPSA) is 159 Å². The Morgan fingerprint density at radius 2 is 1.64 bits per heavy atom. The molecule has 2 aromatic carbocycles. The van der Waals surface area contributed by atoms with Crippen molar-refractivity contribution in [3.05, 3.63) is 75.7 Å². The quantitative estimate of drug-likeness (QED) is 0.142. The van der Waals surface area contributed by atoms with E-state index in [1.54, 1.807) is 29.5 Å². The third kappa shape index (κ3) is 6.87. The molecule has 10 rings (SSSR count). The summed E-state index contributed by atoms with van der Waals surface area (Å²) >= 11 is 5.16. The predicted molar refractivity (Wildman–Crippen MR) is 216 cm³/mol. The van der Waals surface area contributed by atoms with Gasteiger partial charge in [-0.1, -0.05) is 30.3 Å². The number of phenolic OH excluding ortho intramolecular Hbond substituents is 1. The number of nitrogens with zero attached hydrogens (tertiary/aromatic N) is 8. The van der Waals surface area contributed by atoms with Gasteiger partial charge >= 0.3 is 0 Å². The maximum atomic E-state index is 10.2. The molecule has 4 aliphatic rings. The van der Waals surface area contributed by atoms with Crippen LogP contribution < -0.4 is 24.8 Å². The molecule has 0 radical (unpaired) electrons. The fourth-order valence-corrected chi connectivity index (χ4v) is 8.84. The van der Waals surface area contributed by atoms with Gasteiger partial charge in [-0.25, -0.2) is 15.0 Å². The van der Waals surface area contributed by atoms with Gasteiger partial charge in [0.15, 0.2) is 16.2 Å². The van der Waals surface area contributed by atoms with Crippen LogP contribution in [0.4, 0.5) is 23.4 Å². The minimum atomic E-state index is -0.603. The number of ether oxygens (including phenoxy) is 4. The first-order valence-electron chi connectivity index (χ1n) is 18.8. The van der Waals surface area contributed by atoms with E-state index in [0.717, 1.165) is 54.2 Å². The Morgan fingerprint density at radius 3 is 2.46 bits per heavy atom. The fourth-order valence-electron chi connectivity index (χ4n) is 7.70. The third-order valence-corrected chi connectivity index (χ3v) is 11.7. The minimum absolute atomic E-state index is 0.110. The maximum Gasteiger partial charge on any atom is 0.228 e. The molecule has 3 atom stereocenters. The number of rotatable bonds is 8. The molecule has 0 aliphatic carbocycles. The molecule has 0 saturated carbocycles. The number of benzene rings is 2. The average Bonchev–Trinajstić information content (AvgIpc) is 4.00. The molecule has 3 unspecified atom stereocenters. The number of fused-ring (bicyclic) bond motifs is 2. The van der Waals surface area contributed by atoms with Gasteiger partial charge in [0.2, 0.25) is 18.2 Å². The highest BCUT2D eigenvalue weighted by atomic mass is 79.9. The standard InChI is InChI=1S/C39H39BrN10O5S/c40-37-42-32-30(23-6-3-8-25(51)20-23)43-38(46-34(32)45-37)49-14-18-54-29(22-49)55-26-9-4-7-24(21-26)31-33-36(47-39(44-31)48-12-16-52-17-13-48)50(28-11-1-2-15-53-28)35(41-33)27-10-5-19-56-27/h3-10,19-21,28-29,35,41,51H,1-2,11-18,22H2,(H,42,43,45,46). The molecule has 3 saturated heterocycles. The van der Waals surface area contributed by atoms with Crippen LogP contribution in [0.3, 0.4) is 0 Å². The van der Waals surface area contributed by atoms with Crippen molar-refractivity contribution in [3.8, 4) is 34.0 Å². The van der Waals surface area contributed by atoms with Gasteiger partial charge in [0.05, 0.1) is 26.4 Å². The van der Waals surface area contributed by atoms with Crippen molar-refractivity contribution in [2.24, 2.45) is 0 Å². The zero-order valence-corrected chi connectivity index (χ0v) is 32.7. The Bertz CT molecular complexity index is 2350. The van der Waals surface area contributed by atoms with Gasteiger partial charge in [0.25, 0.3) is 0 Å². The summed E-state index contributed by atoms with van der Waals surface area (Å²) in [6, 6.07) is 19.2. The van der Waals surface area contributed by atoms with Gasteiger partial charge in [-0.3, -0.25) is 0 Å². The Balaban J connectivity index is 0.966. The molecular weight excluding hydrogens is 800 g/mol. The fraction of sp³-hybridized carbons (Fsp3) is 0.359. The van der Waals surface area contributed by atoms with Gasteiger partial charge < -0.3 is 49.1 Å². The SMILES string of the molecule is Oc1cccc(-c2nc(N3CCOC(Oc4cccc(-c5nc(N6CCOCC6)nc6c5NC(c5cccs5)N6C5CCCCO5)c4)C3)nc3nc(Br)[nH]c23)c1. The van der Waals surface area contributed by atoms with Crippen molar-refractivity contribution < 1.29 is 24.1 Å². The molecule has 4 aliphatic heterocycles. The van der Waals surface area contributed by atoms with Crippen LogP contribution in [0.2, 0.25) is 0 Å². The van der Waals surface area contributed by atoms with Crippen LogP contribution in [0, 0.1) is 0 Å². The highest BCUT2D eigenvalue weighted by Crippen LogP contribution is 2.49. The summed E-state index contributed by atoms with van der Waals surface area (Å²) in [7, 11) is 0. The monoisotopic (exact) mass is 838 g/mol. The number of halogens is 1. The van der Waals surface area contributed by atoms with E-state index < -0.39 is 6.29 Å². The second kappa shape index (κ2) is 15.1. The normalized spacial score (nSPS) is 21.3. The minimum Gasteiger partial charge on any atom is -0.508 e. The van der Waals surface area contributed by atoms with Crippen molar-refractivity contribution in [2.75, 3.05) is 72.6 Å². The van der Waals surface area contributed by atoms with Crippen LogP contribution in [0.25, 0.3) is 33.7 Å². The van der Waals surface area contributed by atoms with Crippen molar-refractivity contribution in [1.82, 2.24) is 29.9 Å². The molecule has 15 nitrogen and oxygen atoms in total. The Labute approximate surface area is 334 Å². The number of aromatic hydroxyl groups is 1. The van der Waals surface area contributed by atoms with Crippen LogP contribution in [0.1, 0.15) is 30.3 Å². The number of morpholine rings is 2. The number of H-pyrrole nitrogens is 1. The Morgan fingerprint density at radius 1 is 0.821 bits per heavy atom. The molecule has 8 heterocycles. The summed E-state index contributed by atoms with van der Waals surface area (Å²) in [5.41, 5.74) is 5.10. The van der Waals surface area contributed by atoms with Crippen LogP contribution in [0.15, 0.2) is 70.8 Å². The van der Waals surface area contributed by atoms with E-state index in [9.17, 15) is 5.11 Å². The van der Waals surface area contributed by atoms with Gasteiger partial charge in [-0.05, 0) is 70.9 Å². The first-order chi connectivity index (χ1) is 27.5. The van der Waals surface area contributed by atoms with Crippen LogP contribution in [-0.4, -0.2) is 100 Å². The number of imidazole rings is 1. The van der Waals surface area contributed by atoms with Gasteiger partial charge in [0.1, 0.15) is 46.5 Å². The largest absolute Gasteiger partial charge is 0.508 e. The molecule has 4 aromatic heterocycles.